The van der Waals surface area contributed by atoms with Crippen molar-refractivity contribution in [3.8, 4) is 0 Å². The Kier molecular flexibility index (Phi) is 3.29. The number of hydrogen-bond donors (Lipinski definition) is 0. The summed E-state index contributed by atoms with van der Waals surface area (Å²) in [6.45, 7) is 3.84. The maximum absolute atomic E-state index is 4.61. The minimum absolute atomic E-state index is 0. The molecule has 0 fully saturated rings. The molecule has 1 aromatic rings. The first-order chi connectivity index (χ1) is 7.84. The lowest BCUT2D eigenvalue weighted by molar-refractivity contribution is 0.487. The van der Waals surface area contributed by atoms with E-state index in [0.29, 0.717) is 0 Å². The molecule has 2 aliphatic heterocycles. The van der Waals surface area contributed by atoms with Crippen LogP contribution in [0.2, 0.25) is 0 Å². The van der Waals surface area contributed by atoms with Gasteiger partial charge in [-0.25, -0.2) is 5.01 Å². The predicted molar refractivity (Wildman–Crippen MR) is 73.0 cm³/mol. The zero-order chi connectivity index (χ0) is 11.0. The van der Waals surface area contributed by atoms with Gasteiger partial charge in [-0.1, -0.05) is 30.3 Å². The molecule has 2 heterocycles. The van der Waals surface area contributed by atoms with E-state index in [9.17, 15) is 0 Å². The van der Waals surface area contributed by atoms with Crippen LogP contribution in [0, 0.1) is 0 Å². The van der Waals surface area contributed by atoms with Gasteiger partial charge in [0.2, 0.25) is 0 Å². The minimum Gasteiger partial charge on any atom is -0.265 e. The van der Waals surface area contributed by atoms with Crippen LogP contribution in [0.25, 0.3) is 0 Å². The largest absolute Gasteiger partial charge is 0.265 e. The van der Waals surface area contributed by atoms with Gasteiger partial charge in [0.15, 0.2) is 0 Å². The maximum atomic E-state index is 4.61. The van der Waals surface area contributed by atoms with Gasteiger partial charge in [0.25, 0.3) is 0 Å². The molecule has 2 aliphatic rings. The molecule has 0 spiro atoms. The normalized spacial score (nSPS) is 17.7. The number of rotatable bonds is 1. The minimum atomic E-state index is 0. The number of halogens is 1. The second kappa shape index (κ2) is 4.72. The molecule has 0 aromatic heterocycles. The number of allylic oxidation sites excluding steroid dienone is 1. The van der Waals surface area contributed by atoms with E-state index >= 15 is 0 Å². The second-order valence-corrected chi connectivity index (χ2v) is 4.01. The summed E-state index contributed by atoms with van der Waals surface area (Å²) in [7, 11) is 0. The van der Waals surface area contributed by atoms with E-state index in [-0.39, 0.29) is 12.4 Å². The lowest BCUT2D eigenvalue weighted by Crippen LogP contribution is -2.28. The van der Waals surface area contributed by atoms with E-state index in [4.69, 9.17) is 0 Å². The van der Waals surface area contributed by atoms with Gasteiger partial charge in [-0.2, -0.15) is 5.10 Å². The molecule has 88 valence electrons. The van der Waals surface area contributed by atoms with Gasteiger partial charge in [-0.05, 0) is 18.6 Å². The number of amidine groups is 1. The molecule has 0 radical (unpaired) electrons. The van der Waals surface area contributed by atoms with E-state index in [1.165, 1.54) is 5.57 Å². The molecular weight excluding hydrogens is 234 g/mol. The van der Waals surface area contributed by atoms with Crippen molar-refractivity contribution in [3.63, 3.8) is 0 Å². The van der Waals surface area contributed by atoms with Gasteiger partial charge in [-0.3, -0.25) is 4.99 Å². The first kappa shape index (κ1) is 11.9. The fourth-order valence-corrected chi connectivity index (χ4v) is 2.04. The fraction of sp³-hybridized carbons (Fsp3) is 0.231. The summed E-state index contributed by atoms with van der Waals surface area (Å²) >= 11 is 0. The van der Waals surface area contributed by atoms with E-state index in [1.54, 1.807) is 0 Å². The van der Waals surface area contributed by atoms with Crippen molar-refractivity contribution in [2.45, 2.75) is 6.92 Å². The van der Waals surface area contributed by atoms with Crippen LogP contribution in [0.1, 0.15) is 12.5 Å². The van der Waals surface area contributed by atoms with Crippen molar-refractivity contribution in [2.75, 3.05) is 13.1 Å². The van der Waals surface area contributed by atoms with Crippen LogP contribution in [0.15, 0.2) is 52.1 Å². The number of fused-ring (bicyclic) bond motifs is 1. The number of hydrazone groups is 1. The Morgan fingerprint density at radius 2 is 1.94 bits per heavy atom. The van der Waals surface area contributed by atoms with Crippen molar-refractivity contribution in [3.05, 3.63) is 47.5 Å². The SMILES string of the molecule is CC1=CC(c2ccccc2)=NN2CCN=C12.Cl. The van der Waals surface area contributed by atoms with E-state index in [2.05, 4.69) is 35.2 Å². The Labute approximate surface area is 107 Å². The molecule has 17 heavy (non-hydrogen) atoms. The zero-order valence-electron chi connectivity index (χ0n) is 9.63. The maximum Gasteiger partial charge on any atom is 0.147 e. The van der Waals surface area contributed by atoms with Gasteiger partial charge >= 0.3 is 0 Å². The molecule has 1 aromatic carbocycles. The molecule has 0 N–H and O–H groups in total. The van der Waals surface area contributed by atoms with Gasteiger partial charge in [-0.15, -0.1) is 12.4 Å². The van der Waals surface area contributed by atoms with Crippen LogP contribution in [-0.2, 0) is 0 Å². The Bertz CT molecular complexity index is 503. The molecule has 0 atom stereocenters. The molecule has 0 unspecified atom stereocenters. The number of aliphatic imine (C=N–C) groups is 1. The van der Waals surface area contributed by atoms with Crippen molar-refractivity contribution >= 4 is 24.0 Å². The highest BCUT2D eigenvalue weighted by atomic mass is 35.5. The van der Waals surface area contributed by atoms with E-state index in [1.807, 2.05) is 23.2 Å². The quantitative estimate of drug-likeness (QED) is 0.749. The standard InChI is InChI=1S/C13H13N3.ClH/c1-10-9-12(11-5-3-2-4-6-11)15-16-8-7-14-13(10)16;/h2-6,9H,7-8H2,1H3;1H. The third-order valence-electron chi connectivity index (χ3n) is 2.82. The lowest BCUT2D eigenvalue weighted by atomic mass is 10.1. The summed E-state index contributed by atoms with van der Waals surface area (Å²) in [4.78, 5) is 4.43. The third-order valence-corrected chi connectivity index (χ3v) is 2.82. The van der Waals surface area contributed by atoms with E-state index in [0.717, 1.165) is 30.2 Å². The van der Waals surface area contributed by atoms with Crippen LogP contribution >= 0.6 is 12.4 Å². The second-order valence-electron chi connectivity index (χ2n) is 4.01. The average Bonchev–Trinajstić information content (AvgIpc) is 2.79. The lowest BCUT2D eigenvalue weighted by Gasteiger charge is -2.20. The van der Waals surface area contributed by atoms with Crippen LogP contribution in [0.3, 0.4) is 0 Å². The predicted octanol–water partition coefficient (Wildman–Crippen LogP) is 2.49. The van der Waals surface area contributed by atoms with Gasteiger partial charge < -0.3 is 0 Å². The smallest absolute Gasteiger partial charge is 0.147 e. The van der Waals surface area contributed by atoms with Gasteiger partial charge in [0.05, 0.1) is 18.8 Å². The summed E-state index contributed by atoms with van der Waals surface area (Å²) in [5, 5.41) is 6.60. The van der Waals surface area contributed by atoms with Crippen LogP contribution in [0.5, 0.6) is 0 Å². The first-order valence-corrected chi connectivity index (χ1v) is 5.49. The molecule has 3 rings (SSSR count). The Hall–Kier alpha value is -1.61. The number of benzene rings is 1. The highest BCUT2D eigenvalue weighted by molar-refractivity contribution is 6.16. The molecule has 0 bridgehead atoms. The van der Waals surface area contributed by atoms with Crippen molar-refractivity contribution in [1.29, 1.82) is 0 Å². The number of nitrogens with zero attached hydrogens (tertiary/aromatic N) is 3. The Balaban J connectivity index is 0.00000108. The van der Waals surface area contributed by atoms with Crippen molar-refractivity contribution < 1.29 is 0 Å². The van der Waals surface area contributed by atoms with Crippen molar-refractivity contribution in [2.24, 2.45) is 10.1 Å². The summed E-state index contributed by atoms with van der Waals surface area (Å²) in [5.74, 6) is 1.03. The topological polar surface area (TPSA) is 28.0 Å². The monoisotopic (exact) mass is 247 g/mol. The summed E-state index contributed by atoms with van der Waals surface area (Å²) in [6.07, 6.45) is 2.11. The Morgan fingerprint density at radius 3 is 2.71 bits per heavy atom. The first-order valence-electron chi connectivity index (χ1n) is 5.49. The molecular formula is C13H14ClN3. The molecule has 0 amide bonds. The fourth-order valence-electron chi connectivity index (χ4n) is 2.04. The van der Waals surface area contributed by atoms with Crippen molar-refractivity contribution in [1.82, 2.24) is 5.01 Å². The van der Waals surface area contributed by atoms with Crippen LogP contribution < -0.4 is 0 Å². The highest BCUT2D eigenvalue weighted by Gasteiger charge is 2.22. The number of hydrogen-bond acceptors (Lipinski definition) is 3. The zero-order valence-corrected chi connectivity index (χ0v) is 10.4. The average molecular weight is 248 g/mol. The molecule has 4 heteroatoms. The van der Waals surface area contributed by atoms with Crippen LogP contribution in [0.4, 0.5) is 0 Å². The highest BCUT2D eigenvalue weighted by Crippen LogP contribution is 2.18. The van der Waals surface area contributed by atoms with E-state index < -0.39 is 0 Å². The van der Waals surface area contributed by atoms with Crippen LogP contribution in [-0.4, -0.2) is 29.6 Å². The molecule has 0 aliphatic carbocycles. The third kappa shape index (κ3) is 2.11. The molecule has 0 saturated heterocycles. The molecule has 0 saturated carbocycles. The summed E-state index contributed by atoms with van der Waals surface area (Å²) in [5.41, 5.74) is 3.39. The summed E-state index contributed by atoms with van der Waals surface area (Å²) < 4.78 is 0. The van der Waals surface area contributed by atoms with Gasteiger partial charge in [0.1, 0.15) is 5.84 Å². The Morgan fingerprint density at radius 1 is 1.18 bits per heavy atom. The molecule has 3 nitrogen and oxygen atoms in total. The summed E-state index contributed by atoms with van der Waals surface area (Å²) in [6, 6.07) is 10.3. The van der Waals surface area contributed by atoms with Gasteiger partial charge in [0, 0.05) is 5.56 Å².